The summed E-state index contributed by atoms with van der Waals surface area (Å²) in [6.45, 7) is 13.8. The van der Waals surface area contributed by atoms with Gasteiger partial charge in [-0.1, -0.05) is 26.3 Å². The largest absolute Gasteiger partial charge is 0.514 e. The summed E-state index contributed by atoms with van der Waals surface area (Å²) in [5, 5.41) is 0. The molecule has 0 heterocycles. The summed E-state index contributed by atoms with van der Waals surface area (Å²) in [6, 6.07) is 3.26. The number of carbonyl (C=O) groups is 4. The van der Waals surface area contributed by atoms with Gasteiger partial charge in [0, 0.05) is 0 Å². The maximum Gasteiger partial charge on any atom is 0.514 e. The molecule has 1 aliphatic rings. The molecule has 0 bridgehead atoms. The van der Waals surface area contributed by atoms with E-state index in [2.05, 4.69) is 0 Å². The van der Waals surface area contributed by atoms with Crippen LogP contribution in [0.15, 0.2) is 18.2 Å². The zero-order valence-electron chi connectivity index (χ0n) is 27.3. The fourth-order valence-corrected chi connectivity index (χ4v) is 3.96. The lowest BCUT2D eigenvalue weighted by atomic mass is 9.98. The smallest absolute Gasteiger partial charge is 0.458 e. The minimum atomic E-state index is -1.11. The highest BCUT2D eigenvalue weighted by atomic mass is 16.8. The van der Waals surface area contributed by atoms with Gasteiger partial charge in [0.25, 0.3) is 0 Å². The van der Waals surface area contributed by atoms with Gasteiger partial charge in [0.1, 0.15) is 35.6 Å². The minimum absolute atomic E-state index is 0.00995. The van der Waals surface area contributed by atoms with Gasteiger partial charge in [-0.3, -0.25) is 4.79 Å². The van der Waals surface area contributed by atoms with Gasteiger partial charge in [0.2, 0.25) is 0 Å². The molecule has 44 heavy (non-hydrogen) atoms. The molecule has 12 nitrogen and oxygen atoms in total. The number of ether oxygens (including phenoxy) is 7. The van der Waals surface area contributed by atoms with Crippen molar-refractivity contribution >= 4 is 24.4 Å². The van der Waals surface area contributed by atoms with Crippen LogP contribution in [-0.4, -0.2) is 60.0 Å². The molecule has 1 fully saturated rings. The molecule has 248 valence electrons. The van der Waals surface area contributed by atoms with Crippen LogP contribution in [0.5, 0.6) is 11.5 Å². The Morgan fingerprint density at radius 3 is 1.86 bits per heavy atom. The molecule has 0 spiro atoms. The summed E-state index contributed by atoms with van der Waals surface area (Å²) in [5.74, 6) is -0.947. The Labute approximate surface area is 260 Å². The second kappa shape index (κ2) is 16.5. The average molecular weight is 624 g/mol. The van der Waals surface area contributed by atoms with Crippen molar-refractivity contribution in [3.63, 3.8) is 0 Å². The number of nitrogens with two attached hydrogens (primary N) is 1. The maximum atomic E-state index is 12.8. The predicted molar refractivity (Wildman–Crippen MR) is 161 cm³/mol. The molecular weight excluding hydrogens is 574 g/mol. The Bertz CT molecular complexity index is 1130. The second-order valence-corrected chi connectivity index (χ2v) is 12.3. The van der Waals surface area contributed by atoms with Crippen molar-refractivity contribution in [2.45, 2.75) is 142 Å². The summed E-state index contributed by atoms with van der Waals surface area (Å²) in [7, 11) is 0. The molecule has 3 atom stereocenters. The van der Waals surface area contributed by atoms with Crippen LogP contribution in [0, 0.1) is 0 Å². The van der Waals surface area contributed by atoms with Crippen molar-refractivity contribution in [3.8, 4) is 11.5 Å². The molecule has 0 aromatic heterocycles. The summed E-state index contributed by atoms with van der Waals surface area (Å²) in [4.78, 5) is 49.9. The van der Waals surface area contributed by atoms with Crippen molar-refractivity contribution in [1.82, 2.24) is 0 Å². The highest BCUT2D eigenvalue weighted by Gasteiger charge is 2.28. The van der Waals surface area contributed by atoms with Gasteiger partial charge < -0.3 is 38.9 Å². The molecule has 0 unspecified atom stereocenters. The summed E-state index contributed by atoms with van der Waals surface area (Å²) in [5.41, 5.74) is 5.05. The third-order valence-corrected chi connectivity index (χ3v) is 7.64. The van der Waals surface area contributed by atoms with Crippen LogP contribution in [0.3, 0.4) is 0 Å². The number of hydrogen-bond acceptors (Lipinski definition) is 12. The fourth-order valence-electron chi connectivity index (χ4n) is 3.96. The van der Waals surface area contributed by atoms with Gasteiger partial charge in [-0.25, -0.2) is 14.4 Å². The van der Waals surface area contributed by atoms with Crippen LogP contribution in [0.1, 0.15) is 106 Å². The van der Waals surface area contributed by atoms with Gasteiger partial charge in [0.05, 0.1) is 0 Å². The second-order valence-electron chi connectivity index (χ2n) is 12.3. The first-order valence-corrected chi connectivity index (χ1v) is 15.3. The molecule has 2 N–H and O–H groups in total. The third-order valence-electron chi connectivity index (χ3n) is 7.64. The number of carbonyl (C=O) groups excluding carboxylic acids is 4. The lowest BCUT2D eigenvalue weighted by Gasteiger charge is -2.25. The molecule has 0 saturated heterocycles. The molecular formula is C32H49NO11. The molecule has 1 aliphatic carbocycles. The van der Waals surface area contributed by atoms with Crippen LogP contribution in [-0.2, 0) is 34.9 Å². The van der Waals surface area contributed by atoms with Crippen LogP contribution in [0.25, 0.3) is 0 Å². The highest BCUT2D eigenvalue weighted by Crippen LogP contribution is 2.31. The lowest BCUT2D eigenvalue weighted by molar-refractivity contribution is -0.155. The van der Waals surface area contributed by atoms with Crippen LogP contribution in [0.2, 0.25) is 0 Å². The topological polar surface area (TPSA) is 159 Å². The Morgan fingerprint density at radius 2 is 1.32 bits per heavy atom. The average Bonchev–Trinajstić information content (AvgIpc) is 2.94. The molecule has 0 amide bonds. The summed E-state index contributed by atoms with van der Waals surface area (Å²) < 4.78 is 37.6. The summed E-state index contributed by atoms with van der Waals surface area (Å²) in [6.07, 6.45) is 1.32. The fraction of sp³-hybridized carbons (Fsp3) is 0.688. The van der Waals surface area contributed by atoms with E-state index in [-0.39, 0.29) is 24.0 Å². The Balaban J connectivity index is 2.07. The normalized spacial score (nSPS) is 16.1. The van der Waals surface area contributed by atoms with E-state index in [4.69, 9.17) is 38.9 Å². The monoisotopic (exact) mass is 623 g/mol. The standard InChI is InChI=1S/C32H49NO11/c1-9-31(5,6)43-29(36)41-25-17-16-22(19-26(25)42-30(37)44-32(7,8)10-2)18-24(33)27(34)38-20(3)21(4)39-28(35)40-23-14-12-11-13-15-23/h16-17,19-21,23-24H,9-15,18,33H2,1-8H3/t20-,21-,24-/m0/s1. The van der Waals surface area contributed by atoms with Crippen molar-refractivity contribution in [3.05, 3.63) is 23.8 Å². The zero-order valence-corrected chi connectivity index (χ0v) is 27.3. The lowest BCUT2D eigenvalue weighted by Crippen LogP contribution is -2.39. The van der Waals surface area contributed by atoms with Crippen LogP contribution in [0.4, 0.5) is 14.4 Å². The van der Waals surface area contributed by atoms with Gasteiger partial charge in [-0.15, -0.1) is 0 Å². The van der Waals surface area contributed by atoms with Gasteiger partial charge in [0.15, 0.2) is 11.5 Å². The molecule has 1 aromatic rings. The van der Waals surface area contributed by atoms with Crippen molar-refractivity contribution in [2.24, 2.45) is 5.73 Å². The van der Waals surface area contributed by atoms with Crippen LogP contribution >= 0.6 is 0 Å². The first kappa shape index (κ1) is 36.7. The quantitative estimate of drug-likeness (QED) is 0.140. The number of hydrogen-bond donors (Lipinski definition) is 1. The zero-order chi connectivity index (χ0) is 33.1. The van der Waals surface area contributed by atoms with Gasteiger partial charge in [-0.05, 0) is 104 Å². The number of rotatable bonds is 13. The van der Waals surface area contributed by atoms with E-state index in [0.717, 1.165) is 32.1 Å². The van der Waals surface area contributed by atoms with Crippen LogP contribution < -0.4 is 15.2 Å². The molecule has 1 saturated carbocycles. The van der Waals surface area contributed by atoms with E-state index in [9.17, 15) is 19.2 Å². The third kappa shape index (κ3) is 12.6. The molecule has 0 aliphatic heterocycles. The van der Waals surface area contributed by atoms with E-state index >= 15 is 0 Å². The van der Waals surface area contributed by atoms with Crippen molar-refractivity contribution < 1.29 is 52.3 Å². The first-order chi connectivity index (χ1) is 20.5. The van der Waals surface area contributed by atoms with E-state index in [1.54, 1.807) is 47.6 Å². The van der Waals surface area contributed by atoms with E-state index in [1.807, 2.05) is 13.8 Å². The molecule has 1 aromatic carbocycles. The van der Waals surface area contributed by atoms with E-state index < -0.39 is 53.9 Å². The maximum absolute atomic E-state index is 12.8. The van der Waals surface area contributed by atoms with Crippen molar-refractivity contribution in [1.29, 1.82) is 0 Å². The number of esters is 1. The molecule has 12 heteroatoms. The minimum Gasteiger partial charge on any atom is -0.458 e. The van der Waals surface area contributed by atoms with Gasteiger partial charge in [-0.2, -0.15) is 0 Å². The molecule has 2 rings (SSSR count). The van der Waals surface area contributed by atoms with Crippen molar-refractivity contribution in [2.75, 3.05) is 0 Å². The van der Waals surface area contributed by atoms with E-state index in [0.29, 0.717) is 18.4 Å². The predicted octanol–water partition coefficient (Wildman–Crippen LogP) is 6.77. The number of benzene rings is 1. The Kier molecular flexibility index (Phi) is 13.8. The van der Waals surface area contributed by atoms with Gasteiger partial charge >= 0.3 is 24.4 Å². The Hall–Kier alpha value is -3.54. The molecule has 0 radical (unpaired) electrons. The summed E-state index contributed by atoms with van der Waals surface area (Å²) >= 11 is 0. The highest BCUT2D eigenvalue weighted by molar-refractivity contribution is 5.76. The Morgan fingerprint density at radius 1 is 0.795 bits per heavy atom. The first-order valence-electron chi connectivity index (χ1n) is 15.3. The van der Waals surface area contributed by atoms with E-state index in [1.165, 1.54) is 12.1 Å². The SMILES string of the molecule is CCC(C)(C)OC(=O)Oc1ccc(C[C@H](N)C(=O)O[C@@H](C)[C@H](C)OC(=O)OC2CCCCC2)cc1OC(=O)OC(C)(C)CC.